The van der Waals surface area contributed by atoms with Crippen molar-refractivity contribution in [2.45, 2.75) is 0 Å². The number of fused-ring (bicyclic) bond motifs is 8. The van der Waals surface area contributed by atoms with E-state index >= 15 is 0 Å². The van der Waals surface area contributed by atoms with E-state index in [0.717, 1.165) is 50.1 Å². The largest absolute Gasteiger partial charge is 0.455 e. The molecule has 2 aromatic heterocycles. The number of anilines is 3. The number of furan rings is 1. The van der Waals surface area contributed by atoms with Crippen LogP contribution < -0.4 is 4.90 Å². The average molecular weight is 720 g/mol. The van der Waals surface area contributed by atoms with E-state index in [2.05, 4.69) is 193 Å². The van der Waals surface area contributed by atoms with Gasteiger partial charge in [-0.2, -0.15) is 0 Å². The smallest absolute Gasteiger partial charge is 0.143 e. The summed E-state index contributed by atoms with van der Waals surface area (Å²) >= 11 is 1.89. The molecule has 55 heavy (non-hydrogen) atoms. The first-order valence-electron chi connectivity index (χ1n) is 18.7. The fourth-order valence-electron chi connectivity index (χ4n) is 8.25. The van der Waals surface area contributed by atoms with Crippen molar-refractivity contribution in [1.29, 1.82) is 0 Å². The monoisotopic (exact) mass is 719 g/mol. The molecular weight excluding hydrogens is 687 g/mol. The third-order valence-electron chi connectivity index (χ3n) is 10.9. The predicted molar refractivity (Wildman–Crippen MR) is 235 cm³/mol. The van der Waals surface area contributed by atoms with Gasteiger partial charge < -0.3 is 9.32 Å². The van der Waals surface area contributed by atoms with Gasteiger partial charge in [-0.1, -0.05) is 146 Å². The van der Waals surface area contributed by atoms with Crippen molar-refractivity contribution in [1.82, 2.24) is 0 Å². The highest BCUT2D eigenvalue weighted by Crippen LogP contribution is 2.45. The van der Waals surface area contributed by atoms with Crippen molar-refractivity contribution < 1.29 is 4.42 Å². The molecule has 0 saturated heterocycles. The van der Waals surface area contributed by atoms with Crippen LogP contribution in [-0.2, 0) is 0 Å². The van der Waals surface area contributed by atoms with Gasteiger partial charge in [0.05, 0.1) is 0 Å². The summed E-state index contributed by atoms with van der Waals surface area (Å²) in [5.41, 5.74) is 12.1. The summed E-state index contributed by atoms with van der Waals surface area (Å²) < 4.78 is 9.14. The van der Waals surface area contributed by atoms with Gasteiger partial charge in [0.1, 0.15) is 11.2 Å². The molecule has 0 unspecified atom stereocenters. The molecule has 0 fully saturated rings. The highest BCUT2D eigenvalue weighted by molar-refractivity contribution is 7.26. The maximum Gasteiger partial charge on any atom is 0.143 e. The van der Waals surface area contributed by atoms with Crippen LogP contribution in [0.5, 0.6) is 0 Å². The van der Waals surface area contributed by atoms with Crippen molar-refractivity contribution in [3.63, 3.8) is 0 Å². The molecule has 3 heteroatoms. The van der Waals surface area contributed by atoms with E-state index in [-0.39, 0.29) is 0 Å². The van der Waals surface area contributed by atoms with Crippen LogP contribution in [-0.4, -0.2) is 0 Å². The Hall–Kier alpha value is -6.94. The molecule has 0 saturated carbocycles. The molecule has 0 spiro atoms. The molecule has 2 heterocycles. The molecule has 0 aliphatic carbocycles. The predicted octanol–water partition coefficient (Wildman–Crippen LogP) is 15.6. The summed E-state index contributed by atoms with van der Waals surface area (Å²) in [5.74, 6) is 0. The molecular formula is C52H33NOS. The molecule has 9 aromatic carbocycles. The van der Waals surface area contributed by atoms with Crippen LogP contribution in [0.3, 0.4) is 0 Å². The Morgan fingerprint density at radius 3 is 1.82 bits per heavy atom. The molecule has 0 N–H and O–H groups in total. The fourth-order valence-corrected chi connectivity index (χ4v) is 9.51. The number of rotatable bonds is 6. The molecule has 0 atom stereocenters. The minimum absolute atomic E-state index is 0.903. The van der Waals surface area contributed by atoms with Gasteiger partial charge in [-0.3, -0.25) is 0 Å². The van der Waals surface area contributed by atoms with Gasteiger partial charge in [-0.05, 0) is 93.2 Å². The Labute approximate surface area is 322 Å². The Bertz CT molecular complexity index is 3190. The number of benzene rings is 9. The van der Waals surface area contributed by atoms with Crippen molar-refractivity contribution >= 4 is 81.3 Å². The number of para-hydroxylation sites is 2. The lowest BCUT2D eigenvalue weighted by molar-refractivity contribution is 0.670. The molecule has 0 amide bonds. The van der Waals surface area contributed by atoms with E-state index in [0.29, 0.717) is 0 Å². The van der Waals surface area contributed by atoms with E-state index in [9.17, 15) is 0 Å². The zero-order chi connectivity index (χ0) is 36.3. The molecule has 258 valence electrons. The second-order valence-electron chi connectivity index (χ2n) is 14.1. The zero-order valence-corrected chi connectivity index (χ0v) is 30.6. The van der Waals surface area contributed by atoms with Gasteiger partial charge in [0.25, 0.3) is 0 Å². The summed E-state index contributed by atoms with van der Waals surface area (Å²) in [4.78, 5) is 2.36. The van der Waals surface area contributed by atoms with Crippen molar-refractivity contribution in [3.05, 3.63) is 200 Å². The standard InChI is InChI=1S/C52H33NOS/c1-2-12-34(13-3-1)35-24-28-39(29-25-35)53(41-16-10-15-37(32-41)42-20-11-21-45-44-18-6-8-22-48(44)54-51(42)45)40-30-26-36(27-31-40)47-33-38-14-4-5-17-43(38)52-50(47)46-19-7-9-23-49(46)55-52/h1-33H. The topological polar surface area (TPSA) is 16.4 Å². The number of thiophene rings is 1. The van der Waals surface area contributed by atoms with Crippen LogP contribution >= 0.6 is 11.3 Å². The summed E-state index contributed by atoms with van der Waals surface area (Å²) in [6.07, 6.45) is 0. The second kappa shape index (κ2) is 12.9. The highest BCUT2D eigenvalue weighted by Gasteiger charge is 2.19. The van der Waals surface area contributed by atoms with Crippen LogP contribution in [0.15, 0.2) is 205 Å². The second-order valence-corrected chi connectivity index (χ2v) is 15.1. The quantitative estimate of drug-likeness (QED) is 0.170. The molecule has 2 nitrogen and oxygen atoms in total. The summed E-state index contributed by atoms with van der Waals surface area (Å²) in [7, 11) is 0. The van der Waals surface area contributed by atoms with Crippen LogP contribution in [0.2, 0.25) is 0 Å². The lowest BCUT2D eigenvalue weighted by Gasteiger charge is -2.26. The third kappa shape index (κ3) is 5.32. The Morgan fingerprint density at radius 1 is 0.382 bits per heavy atom. The van der Waals surface area contributed by atoms with Gasteiger partial charge in [0.2, 0.25) is 0 Å². The van der Waals surface area contributed by atoms with E-state index in [1.165, 1.54) is 53.2 Å². The first kappa shape index (κ1) is 31.6. The van der Waals surface area contributed by atoms with Crippen molar-refractivity contribution in [3.8, 4) is 33.4 Å². The lowest BCUT2D eigenvalue weighted by Crippen LogP contribution is -2.10. The number of nitrogens with zero attached hydrogens (tertiary/aromatic N) is 1. The first-order valence-corrected chi connectivity index (χ1v) is 19.5. The van der Waals surface area contributed by atoms with Gasteiger partial charge in [-0.15, -0.1) is 11.3 Å². The van der Waals surface area contributed by atoms with E-state index in [1.54, 1.807) is 0 Å². The van der Waals surface area contributed by atoms with Gasteiger partial charge in [-0.25, -0.2) is 0 Å². The minimum atomic E-state index is 0.903. The maximum absolute atomic E-state index is 6.48. The molecule has 0 aliphatic rings. The molecule has 0 radical (unpaired) electrons. The molecule has 11 rings (SSSR count). The summed E-state index contributed by atoms with van der Waals surface area (Å²) in [6.45, 7) is 0. The van der Waals surface area contributed by atoms with Crippen molar-refractivity contribution in [2.24, 2.45) is 0 Å². The normalized spacial score (nSPS) is 11.6. The van der Waals surface area contributed by atoms with Gasteiger partial charge in [0.15, 0.2) is 0 Å². The molecule has 0 bridgehead atoms. The maximum atomic E-state index is 6.48. The van der Waals surface area contributed by atoms with E-state index in [1.807, 2.05) is 23.5 Å². The summed E-state index contributed by atoms with van der Waals surface area (Å²) in [6, 6.07) is 72.1. The number of hydrogen-bond donors (Lipinski definition) is 0. The van der Waals surface area contributed by atoms with Gasteiger partial charge >= 0.3 is 0 Å². The highest BCUT2D eigenvalue weighted by atomic mass is 32.1. The number of hydrogen-bond acceptors (Lipinski definition) is 3. The SMILES string of the molecule is c1ccc(-c2ccc(N(c3ccc(-c4cc5ccccc5c5sc6ccccc6c45)cc3)c3cccc(-c4cccc5c4oc4ccccc45)c3)cc2)cc1. The van der Waals surface area contributed by atoms with E-state index in [4.69, 9.17) is 4.42 Å². The first-order chi connectivity index (χ1) is 27.3. The fraction of sp³-hybridized carbons (Fsp3) is 0. The Kier molecular flexibility index (Phi) is 7.39. The van der Waals surface area contributed by atoms with Crippen LogP contribution in [0.4, 0.5) is 17.1 Å². The van der Waals surface area contributed by atoms with Crippen molar-refractivity contribution in [2.75, 3.05) is 4.90 Å². The lowest BCUT2D eigenvalue weighted by atomic mass is 9.95. The molecule has 0 aliphatic heterocycles. The van der Waals surface area contributed by atoms with Crippen LogP contribution in [0.1, 0.15) is 0 Å². The Morgan fingerprint density at radius 2 is 1.00 bits per heavy atom. The molecule has 11 aromatic rings. The van der Waals surface area contributed by atoms with Crippen LogP contribution in [0, 0.1) is 0 Å². The third-order valence-corrected chi connectivity index (χ3v) is 12.1. The summed E-state index contributed by atoms with van der Waals surface area (Å²) in [5, 5.41) is 7.47. The average Bonchev–Trinajstić information content (AvgIpc) is 3.84. The van der Waals surface area contributed by atoms with Gasteiger partial charge in [0, 0.05) is 53.6 Å². The Balaban J connectivity index is 1.06. The van der Waals surface area contributed by atoms with Crippen LogP contribution in [0.25, 0.3) is 86.3 Å². The zero-order valence-electron chi connectivity index (χ0n) is 29.8. The van der Waals surface area contributed by atoms with E-state index < -0.39 is 0 Å². The minimum Gasteiger partial charge on any atom is -0.455 e.